The Kier molecular flexibility index (Phi) is 16.4. The number of esters is 4. The predicted molar refractivity (Wildman–Crippen MR) is 208 cm³/mol. The molecule has 10 heteroatoms. The lowest BCUT2D eigenvalue weighted by atomic mass is 9.96. The number of unbranched alkanes of at least 4 members (excludes halogenated alkanes) is 1. The Labute approximate surface area is 321 Å². The second-order valence-corrected chi connectivity index (χ2v) is 13.0. The summed E-state index contributed by atoms with van der Waals surface area (Å²) in [5.41, 5.74) is 3.45. The highest BCUT2D eigenvalue weighted by Crippen LogP contribution is 2.29. The minimum atomic E-state index is -0.883. The normalized spacial score (nSPS) is 11.5. The molecule has 10 nitrogen and oxygen atoms in total. The highest BCUT2D eigenvalue weighted by molar-refractivity contribution is 6.03. The second kappa shape index (κ2) is 21.9. The van der Waals surface area contributed by atoms with Crippen molar-refractivity contribution in [2.24, 2.45) is 11.8 Å². The molecule has 0 saturated heterocycles. The number of carbonyl (C=O) groups excluding carboxylic acids is 4. The summed E-state index contributed by atoms with van der Waals surface area (Å²) < 4.78 is 21.5. The molecule has 0 radical (unpaired) electrons. The number of nitrogens with zero attached hydrogens (tertiary/aromatic N) is 1. The lowest BCUT2D eigenvalue weighted by molar-refractivity contribution is -0.150. The molecule has 0 aromatic heterocycles. The van der Waals surface area contributed by atoms with Crippen molar-refractivity contribution >= 4 is 35.0 Å². The van der Waals surface area contributed by atoms with E-state index in [9.17, 15) is 24.3 Å². The lowest BCUT2D eigenvalue weighted by Crippen LogP contribution is -2.20. The van der Waals surface area contributed by atoms with E-state index >= 15 is 0 Å². The van der Waals surface area contributed by atoms with E-state index < -0.39 is 29.6 Å². The van der Waals surface area contributed by atoms with Gasteiger partial charge >= 0.3 is 23.9 Å². The zero-order valence-electron chi connectivity index (χ0n) is 31.0. The fourth-order valence-corrected chi connectivity index (χ4v) is 5.43. The Hall–Kier alpha value is -6.47. The van der Waals surface area contributed by atoms with E-state index in [1.807, 2.05) is 97.1 Å². The molecule has 0 amide bonds. The Morgan fingerprint density at radius 3 is 1.22 bits per heavy atom. The third-order valence-electron chi connectivity index (χ3n) is 8.29. The van der Waals surface area contributed by atoms with Gasteiger partial charge in [0.2, 0.25) is 5.76 Å². The SMILES string of the molecule is [C-]#[N+]C(C(=O)OCC(C)COC(=O)CCCCC(=O)OCC(C)COC(=O)C(O)=C(c1ccccc1)c1ccccc1)=C(c1ccccc1)c1ccccc1. The van der Waals surface area contributed by atoms with Crippen LogP contribution in [0.2, 0.25) is 0 Å². The van der Waals surface area contributed by atoms with Crippen LogP contribution < -0.4 is 0 Å². The van der Waals surface area contributed by atoms with Crippen LogP contribution in [0.3, 0.4) is 0 Å². The van der Waals surface area contributed by atoms with Crippen molar-refractivity contribution in [1.29, 1.82) is 0 Å². The zero-order chi connectivity index (χ0) is 39.4. The summed E-state index contributed by atoms with van der Waals surface area (Å²) in [4.78, 5) is 54.0. The van der Waals surface area contributed by atoms with Crippen LogP contribution >= 0.6 is 0 Å². The number of rotatable bonds is 19. The molecule has 0 spiro atoms. The van der Waals surface area contributed by atoms with E-state index in [0.29, 0.717) is 46.2 Å². The van der Waals surface area contributed by atoms with Gasteiger partial charge in [-0.1, -0.05) is 135 Å². The first-order valence-electron chi connectivity index (χ1n) is 18.1. The fraction of sp³-hybridized carbons (Fsp3) is 0.267. The van der Waals surface area contributed by atoms with Gasteiger partial charge in [0.15, 0.2) is 0 Å². The molecule has 0 aliphatic heterocycles. The summed E-state index contributed by atoms with van der Waals surface area (Å²) in [6, 6.07) is 36.5. The molecule has 0 fully saturated rings. The summed E-state index contributed by atoms with van der Waals surface area (Å²) in [6.07, 6.45) is 1.00. The highest BCUT2D eigenvalue weighted by atomic mass is 16.6. The molecule has 4 rings (SSSR count). The molecule has 0 saturated carbocycles. The Morgan fingerprint density at radius 1 is 0.527 bits per heavy atom. The quantitative estimate of drug-likeness (QED) is 0.0251. The average molecular weight is 744 g/mol. The summed E-state index contributed by atoms with van der Waals surface area (Å²) >= 11 is 0. The van der Waals surface area contributed by atoms with Crippen molar-refractivity contribution in [2.75, 3.05) is 26.4 Å². The van der Waals surface area contributed by atoms with Gasteiger partial charge in [-0.2, -0.15) is 0 Å². The van der Waals surface area contributed by atoms with Crippen molar-refractivity contribution in [2.45, 2.75) is 39.5 Å². The van der Waals surface area contributed by atoms with E-state index in [1.54, 1.807) is 38.1 Å². The first kappa shape index (κ1) is 41.3. The molecular formula is C45H45NO9. The minimum absolute atomic E-state index is 0.0122. The van der Waals surface area contributed by atoms with Crippen molar-refractivity contribution in [3.05, 3.63) is 166 Å². The first-order valence-corrected chi connectivity index (χ1v) is 18.1. The van der Waals surface area contributed by atoms with Crippen LogP contribution in [0, 0.1) is 18.4 Å². The van der Waals surface area contributed by atoms with Gasteiger partial charge in [-0.25, -0.2) is 9.64 Å². The van der Waals surface area contributed by atoms with Crippen molar-refractivity contribution in [3.8, 4) is 0 Å². The largest absolute Gasteiger partial charge is 0.501 e. The summed E-state index contributed by atoms with van der Waals surface area (Å²) in [6.45, 7) is 11.2. The summed E-state index contributed by atoms with van der Waals surface area (Å²) in [5, 5.41) is 10.8. The molecule has 4 aromatic carbocycles. The van der Waals surface area contributed by atoms with Crippen LogP contribution in [-0.4, -0.2) is 55.4 Å². The van der Waals surface area contributed by atoms with E-state index in [1.165, 1.54) is 0 Å². The Morgan fingerprint density at radius 2 is 0.855 bits per heavy atom. The molecule has 2 atom stereocenters. The number of hydrogen-bond donors (Lipinski definition) is 1. The molecule has 2 unspecified atom stereocenters. The van der Waals surface area contributed by atoms with Crippen LogP contribution in [-0.2, 0) is 38.1 Å². The van der Waals surface area contributed by atoms with Gasteiger partial charge in [0.25, 0.3) is 5.70 Å². The van der Waals surface area contributed by atoms with Gasteiger partial charge in [0, 0.05) is 35.8 Å². The minimum Gasteiger partial charge on any atom is -0.501 e. The van der Waals surface area contributed by atoms with Gasteiger partial charge in [0.05, 0.1) is 33.0 Å². The van der Waals surface area contributed by atoms with Crippen LogP contribution in [0.4, 0.5) is 0 Å². The molecule has 284 valence electrons. The molecular weight excluding hydrogens is 698 g/mol. The second-order valence-electron chi connectivity index (χ2n) is 13.0. The van der Waals surface area contributed by atoms with Crippen molar-refractivity contribution in [1.82, 2.24) is 0 Å². The number of hydrogen-bond acceptors (Lipinski definition) is 9. The van der Waals surface area contributed by atoms with E-state index in [0.717, 1.165) is 0 Å². The van der Waals surface area contributed by atoms with Crippen LogP contribution in [0.1, 0.15) is 61.8 Å². The van der Waals surface area contributed by atoms with Crippen LogP contribution in [0.5, 0.6) is 0 Å². The number of carbonyl (C=O) groups is 4. The first-order chi connectivity index (χ1) is 26.7. The number of aliphatic hydroxyl groups is 1. The van der Waals surface area contributed by atoms with E-state index in [4.69, 9.17) is 25.5 Å². The summed E-state index contributed by atoms with van der Waals surface area (Å²) in [7, 11) is 0. The van der Waals surface area contributed by atoms with Gasteiger partial charge in [-0.3, -0.25) is 14.4 Å². The number of ether oxygens (including phenoxy) is 4. The maximum absolute atomic E-state index is 13.0. The summed E-state index contributed by atoms with van der Waals surface area (Å²) in [5.74, 6) is -3.69. The van der Waals surface area contributed by atoms with Crippen LogP contribution in [0.15, 0.2) is 133 Å². The topological polar surface area (TPSA) is 130 Å². The van der Waals surface area contributed by atoms with Crippen molar-refractivity contribution in [3.63, 3.8) is 0 Å². The van der Waals surface area contributed by atoms with Gasteiger partial charge in [-0.15, -0.1) is 0 Å². The van der Waals surface area contributed by atoms with Gasteiger partial charge < -0.3 is 24.1 Å². The monoisotopic (exact) mass is 743 g/mol. The molecule has 4 aromatic rings. The Balaban J connectivity index is 1.13. The van der Waals surface area contributed by atoms with E-state index in [2.05, 4.69) is 4.85 Å². The molecule has 0 heterocycles. The highest BCUT2D eigenvalue weighted by Gasteiger charge is 2.23. The molecule has 0 bridgehead atoms. The molecule has 0 aliphatic carbocycles. The maximum atomic E-state index is 13.0. The average Bonchev–Trinajstić information content (AvgIpc) is 3.22. The number of aliphatic hydroxyl groups excluding tert-OH is 1. The maximum Gasteiger partial charge on any atom is 0.374 e. The standard InChI is InChI=1S/C45H45NO9/c1-32(30-54-44(50)42(46-3)40(34-18-8-4-9-19-34)35-20-10-5-11-21-35)28-52-38(47)26-16-17-27-39(48)53-29-33(2)31-55-45(51)43(49)41(36-22-12-6-13-23-36)37-24-14-7-15-25-37/h4-15,18-25,32-33,49H,16-17,26-31H2,1-2H3. The predicted octanol–water partition coefficient (Wildman–Crippen LogP) is 8.39. The van der Waals surface area contributed by atoms with Gasteiger partial charge in [0.1, 0.15) is 0 Å². The smallest absolute Gasteiger partial charge is 0.374 e. The van der Waals surface area contributed by atoms with E-state index in [-0.39, 0.29) is 56.8 Å². The molecule has 0 aliphatic rings. The molecule has 1 N–H and O–H groups in total. The van der Waals surface area contributed by atoms with Gasteiger partial charge in [-0.05, 0) is 35.1 Å². The lowest BCUT2D eigenvalue weighted by Gasteiger charge is -2.15. The Bertz CT molecular complexity index is 1890. The van der Waals surface area contributed by atoms with Crippen molar-refractivity contribution < 1.29 is 43.2 Å². The fourth-order valence-electron chi connectivity index (χ4n) is 5.43. The number of benzene rings is 4. The third kappa shape index (κ3) is 13.2. The third-order valence-corrected chi connectivity index (χ3v) is 8.29. The zero-order valence-corrected chi connectivity index (χ0v) is 31.0. The van der Waals surface area contributed by atoms with Crippen LogP contribution in [0.25, 0.3) is 16.0 Å². The molecule has 55 heavy (non-hydrogen) atoms.